The predicted molar refractivity (Wildman–Crippen MR) is 94.5 cm³/mol. The molecule has 0 aliphatic heterocycles. The Morgan fingerprint density at radius 1 is 1.21 bits per heavy atom. The van der Waals surface area contributed by atoms with Gasteiger partial charge in [-0.05, 0) is 65.4 Å². The molecule has 19 heavy (non-hydrogen) atoms. The fraction of sp³-hybridized carbons (Fsp3) is 0.0714. The fourth-order valence-electron chi connectivity index (χ4n) is 1.71. The number of aryl methyl sites for hydroxylation is 1. The quantitative estimate of drug-likeness (QED) is 0.581. The van der Waals surface area contributed by atoms with E-state index in [4.69, 9.17) is 29.6 Å². The fourth-order valence-corrected chi connectivity index (χ4v) is 2.79. The highest BCUT2D eigenvalue weighted by molar-refractivity contribution is 14.1. The second-order valence-electron chi connectivity index (χ2n) is 4.16. The summed E-state index contributed by atoms with van der Waals surface area (Å²) in [6.45, 7) is 2.02. The lowest BCUT2D eigenvalue weighted by Crippen LogP contribution is -2.12. The molecular formula is C14H12ClIN2S. The average molecular weight is 403 g/mol. The molecule has 3 N–H and O–H groups in total. The SMILES string of the molecule is Cc1ccc(C(N)=S)c(Nc2ccc(I)cc2Cl)c1. The summed E-state index contributed by atoms with van der Waals surface area (Å²) in [6.07, 6.45) is 0. The molecule has 2 rings (SSSR count). The molecule has 2 aromatic carbocycles. The summed E-state index contributed by atoms with van der Waals surface area (Å²) >= 11 is 13.5. The maximum Gasteiger partial charge on any atom is 0.106 e. The van der Waals surface area contributed by atoms with E-state index in [-0.39, 0.29) is 0 Å². The molecule has 98 valence electrons. The number of anilines is 2. The van der Waals surface area contributed by atoms with Gasteiger partial charge in [-0.3, -0.25) is 0 Å². The van der Waals surface area contributed by atoms with Crippen LogP contribution in [0.25, 0.3) is 0 Å². The van der Waals surface area contributed by atoms with Crippen molar-refractivity contribution in [2.24, 2.45) is 5.73 Å². The number of hydrogen-bond acceptors (Lipinski definition) is 2. The lowest BCUT2D eigenvalue weighted by atomic mass is 10.1. The predicted octanol–water partition coefficient (Wildman–Crippen LogP) is 4.63. The molecule has 0 atom stereocenters. The maximum atomic E-state index is 6.22. The minimum Gasteiger partial charge on any atom is -0.389 e. The molecular weight excluding hydrogens is 391 g/mol. The van der Waals surface area contributed by atoms with Gasteiger partial charge in [0.15, 0.2) is 0 Å². The van der Waals surface area contributed by atoms with E-state index in [2.05, 4.69) is 27.9 Å². The van der Waals surface area contributed by atoms with Crippen molar-refractivity contribution in [1.29, 1.82) is 0 Å². The summed E-state index contributed by atoms with van der Waals surface area (Å²) in [5.41, 5.74) is 9.39. The van der Waals surface area contributed by atoms with Gasteiger partial charge in [-0.15, -0.1) is 0 Å². The van der Waals surface area contributed by atoms with E-state index >= 15 is 0 Å². The third-order valence-electron chi connectivity index (χ3n) is 2.64. The third-order valence-corrected chi connectivity index (χ3v) is 3.84. The monoisotopic (exact) mass is 402 g/mol. The lowest BCUT2D eigenvalue weighted by Gasteiger charge is -2.13. The van der Waals surface area contributed by atoms with Gasteiger partial charge in [-0.2, -0.15) is 0 Å². The van der Waals surface area contributed by atoms with Crippen molar-refractivity contribution in [3.05, 3.63) is 56.1 Å². The van der Waals surface area contributed by atoms with Crippen LogP contribution in [0.5, 0.6) is 0 Å². The van der Waals surface area contributed by atoms with Gasteiger partial charge in [0.25, 0.3) is 0 Å². The zero-order chi connectivity index (χ0) is 14.0. The Kier molecular flexibility index (Phi) is 4.65. The van der Waals surface area contributed by atoms with Crippen molar-refractivity contribution < 1.29 is 0 Å². The van der Waals surface area contributed by atoms with Gasteiger partial charge in [0.2, 0.25) is 0 Å². The van der Waals surface area contributed by atoms with Crippen LogP contribution in [0.1, 0.15) is 11.1 Å². The van der Waals surface area contributed by atoms with Crippen molar-refractivity contribution in [1.82, 2.24) is 0 Å². The van der Waals surface area contributed by atoms with Crippen LogP contribution in [0.15, 0.2) is 36.4 Å². The first-order chi connectivity index (χ1) is 8.97. The highest BCUT2D eigenvalue weighted by Crippen LogP contribution is 2.29. The van der Waals surface area contributed by atoms with Crippen LogP contribution in [0.2, 0.25) is 5.02 Å². The smallest absolute Gasteiger partial charge is 0.106 e. The molecule has 0 aliphatic carbocycles. The van der Waals surface area contributed by atoms with E-state index in [0.717, 1.165) is 26.1 Å². The number of benzene rings is 2. The van der Waals surface area contributed by atoms with Crippen LogP contribution in [0.4, 0.5) is 11.4 Å². The maximum absolute atomic E-state index is 6.22. The van der Waals surface area contributed by atoms with Gasteiger partial charge >= 0.3 is 0 Å². The molecule has 0 heterocycles. The van der Waals surface area contributed by atoms with E-state index in [9.17, 15) is 0 Å². The standard InChI is InChI=1S/C14H12ClIN2S/c1-8-2-4-10(14(17)19)13(6-8)18-12-5-3-9(16)7-11(12)15/h2-7,18H,1H3,(H2,17,19). The summed E-state index contributed by atoms with van der Waals surface area (Å²) in [7, 11) is 0. The first-order valence-corrected chi connectivity index (χ1v) is 7.46. The van der Waals surface area contributed by atoms with Crippen LogP contribution in [-0.4, -0.2) is 4.99 Å². The number of halogens is 2. The van der Waals surface area contributed by atoms with E-state index in [1.165, 1.54) is 0 Å². The second-order valence-corrected chi connectivity index (χ2v) is 6.26. The topological polar surface area (TPSA) is 38.0 Å². The molecule has 0 saturated carbocycles. The molecule has 0 spiro atoms. The summed E-state index contributed by atoms with van der Waals surface area (Å²) in [4.78, 5) is 0.365. The minimum atomic E-state index is 0.365. The molecule has 0 aliphatic rings. The van der Waals surface area contributed by atoms with Crippen LogP contribution in [0, 0.1) is 10.5 Å². The van der Waals surface area contributed by atoms with Crippen LogP contribution >= 0.6 is 46.4 Å². The average Bonchev–Trinajstić information content (AvgIpc) is 2.32. The summed E-state index contributed by atoms with van der Waals surface area (Å²) in [5.74, 6) is 0. The molecule has 0 unspecified atom stereocenters. The van der Waals surface area contributed by atoms with Crippen LogP contribution < -0.4 is 11.1 Å². The van der Waals surface area contributed by atoms with Crippen molar-refractivity contribution in [3.8, 4) is 0 Å². The van der Waals surface area contributed by atoms with E-state index in [0.29, 0.717) is 10.0 Å². The highest BCUT2D eigenvalue weighted by atomic mass is 127. The molecule has 2 aromatic rings. The lowest BCUT2D eigenvalue weighted by molar-refractivity contribution is 1.43. The molecule has 0 saturated heterocycles. The summed E-state index contributed by atoms with van der Waals surface area (Å²) < 4.78 is 1.09. The molecule has 0 amide bonds. The Bertz CT molecular complexity index is 643. The van der Waals surface area contributed by atoms with Crippen molar-refractivity contribution in [2.75, 3.05) is 5.32 Å². The highest BCUT2D eigenvalue weighted by Gasteiger charge is 2.08. The Morgan fingerprint density at radius 3 is 2.58 bits per heavy atom. The Morgan fingerprint density at radius 2 is 1.95 bits per heavy atom. The molecule has 0 aromatic heterocycles. The number of nitrogens with one attached hydrogen (secondary N) is 1. The molecule has 0 fully saturated rings. The van der Waals surface area contributed by atoms with Gasteiger partial charge in [-0.1, -0.05) is 29.9 Å². The van der Waals surface area contributed by atoms with Crippen molar-refractivity contribution >= 4 is 62.8 Å². The van der Waals surface area contributed by atoms with Gasteiger partial charge in [-0.25, -0.2) is 0 Å². The van der Waals surface area contributed by atoms with Gasteiger partial charge in [0.1, 0.15) is 4.99 Å². The minimum absolute atomic E-state index is 0.365. The summed E-state index contributed by atoms with van der Waals surface area (Å²) in [6, 6.07) is 11.7. The van der Waals surface area contributed by atoms with Crippen LogP contribution in [-0.2, 0) is 0 Å². The zero-order valence-electron chi connectivity index (χ0n) is 10.2. The Labute approximate surface area is 136 Å². The molecule has 5 heteroatoms. The van der Waals surface area contributed by atoms with Crippen molar-refractivity contribution in [2.45, 2.75) is 6.92 Å². The van der Waals surface area contributed by atoms with Gasteiger partial charge < -0.3 is 11.1 Å². The summed E-state index contributed by atoms with van der Waals surface area (Å²) in [5, 5.41) is 3.96. The first kappa shape index (κ1) is 14.6. The van der Waals surface area contributed by atoms with E-state index in [1.54, 1.807) is 0 Å². The Hall–Kier alpha value is -0.850. The third kappa shape index (κ3) is 3.58. The van der Waals surface area contributed by atoms with Crippen LogP contribution in [0.3, 0.4) is 0 Å². The first-order valence-electron chi connectivity index (χ1n) is 5.60. The van der Waals surface area contributed by atoms with E-state index < -0.39 is 0 Å². The molecule has 2 nitrogen and oxygen atoms in total. The van der Waals surface area contributed by atoms with E-state index in [1.807, 2.05) is 43.3 Å². The Balaban J connectivity index is 2.42. The molecule has 0 radical (unpaired) electrons. The number of hydrogen-bond donors (Lipinski definition) is 2. The number of thiocarbonyl (C=S) groups is 1. The van der Waals surface area contributed by atoms with Gasteiger partial charge in [0.05, 0.1) is 10.7 Å². The van der Waals surface area contributed by atoms with Gasteiger partial charge in [0, 0.05) is 14.8 Å². The number of rotatable bonds is 3. The zero-order valence-corrected chi connectivity index (χ0v) is 13.9. The molecule has 0 bridgehead atoms. The second kappa shape index (κ2) is 6.07. The normalized spacial score (nSPS) is 10.3. The van der Waals surface area contributed by atoms with Crippen molar-refractivity contribution in [3.63, 3.8) is 0 Å². The largest absolute Gasteiger partial charge is 0.389 e. The number of nitrogens with two attached hydrogens (primary N) is 1.